The number of aromatic nitrogens is 1. The van der Waals surface area contributed by atoms with Gasteiger partial charge < -0.3 is 19.5 Å². The minimum Gasteiger partial charge on any atom is -0.466 e. The summed E-state index contributed by atoms with van der Waals surface area (Å²) in [7, 11) is 1.49. The van der Waals surface area contributed by atoms with Crippen LogP contribution in [0.2, 0.25) is 0 Å². The molecule has 4 unspecified atom stereocenters. The first-order chi connectivity index (χ1) is 17.5. The van der Waals surface area contributed by atoms with E-state index in [1.165, 1.54) is 52.1 Å². The topological polar surface area (TPSA) is 63.6 Å². The molecule has 4 heterocycles. The number of thioether (sulfide) groups is 1. The van der Waals surface area contributed by atoms with E-state index in [0.29, 0.717) is 22.2 Å². The van der Waals surface area contributed by atoms with Gasteiger partial charge in [0, 0.05) is 48.5 Å². The summed E-state index contributed by atoms with van der Waals surface area (Å²) >= 11 is 7.74. The number of likely N-dealkylation sites (tertiary alicyclic amines) is 1. The first kappa shape index (κ1) is 25.8. The van der Waals surface area contributed by atoms with Crippen molar-refractivity contribution >= 4 is 35.1 Å². The maximum atomic E-state index is 13.0. The highest BCUT2D eigenvalue weighted by molar-refractivity contribution is 8.04. The molecule has 0 spiro atoms. The Labute approximate surface area is 224 Å². The smallest absolute Gasteiger partial charge is 0.336 e. The van der Waals surface area contributed by atoms with Gasteiger partial charge >= 0.3 is 5.97 Å². The fourth-order valence-corrected chi connectivity index (χ4v) is 8.56. The number of carbonyl (C=O) groups excluding carboxylic acids is 1. The Morgan fingerprint density at radius 3 is 2.50 bits per heavy atom. The molecule has 36 heavy (non-hydrogen) atoms. The molecule has 1 aliphatic carbocycles. The summed E-state index contributed by atoms with van der Waals surface area (Å²) in [5.74, 6) is 0.714. The standard InChI is InChI=1S/C28H39N3O3S2/c1-34-27(33)25-21-11-8-6-4-2-3-5-7-9-13-23(21)36-26(25)29-28(35)30-16-19-15-20(18-30)22-12-10-14-24(32)31(22)17-19/h10,12,14,19-21,23H,2-9,11,13,15-18H2,1H3,(H,29,35). The van der Waals surface area contributed by atoms with Crippen molar-refractivity contribution in [1.29, 1.82) is 0 Å². The summed E-state index contributed by atoms with van der Waals surface area (Å²) in [6.45, 7) is 2.38. The van der Waals surface area contributed by atoms with Crippen molar-refractivity contribution < 1.29 is 9.53 Å². The summed E-state index contributed by atoms with van der Waals surface area (Å²) in [6, 6.07) is 5.61. The summed E-state index contributed by atoms with van der Waals surface area (Å²) < 4.78 is 7.23. The minimum atomic E-state index is -0.212. The molecular formula is C28H39N3O3S2. The molecule has 1 saturated carbocycles. The van der Waals surface area contributed by atoms with E-state index in [4.69, 9.17) is 17.0 Å². The molecule has 1 aromatic rings. The van der Waals surface area contributed by atoms with Crippen LogP contribution in [0.3, 0.4) is 0 Å². The first-order valence-corrected chi connectivity index (χ1v) is 15.1. The van der Waals surface area contributed by atoms with Crippen molar-refractivity contribution in [2.75, 3.05) is 20.2 Å². The number of pyridine rings is 1. The highest BCUT2D eigenvalue weighted by atomic mass is 32.2. The Hall–Kier alpha value is -1.80. The van der Waals surface area contributed by atoms with E-state index in [0.717, 1.165) is 61.6 Å². The number of methoxy groups -OCH3 is 1. The Morgan fingerprint density at radius 1 is 1.03 bits per heavy atom. The molecule has 1 saturated heterocycles. The van der Waals surface area contributed by atoms with Crippen molar-refractivity contribution in [3.8, 4) is 0 Å². The Morgan fingerprint density at radius 2 is 1.75 bits per heavy atom. The zero-order valence-corrected chi connectivity index (χ0v) is 23.0. The minimum absolute atomic E-state index is 0.0963. The fourth-order valence-electron chi connectivity index (χ4n) is 6.70. The number of ether oxygens (including phenoxy) is 1. The molecule has 0 amide bonds. The summed E-state index contributed by atoms with van der Waals surface area (Å²) in [5, 5.41) is 5.53. The predicted octanol–water partition coefficient (Wildman–Crippen LogP) is 5.17. The molecule has 5 rings (SSSR count). The van der Waals surface area contributed by atoms with Gasteiger partial charge in [0.2, 0.25) is 0 Å². The third kappa shape index (κ3) is 5.54. The number of nitrogens with zero attached hydrogens (tertiary/aromatic N) is 2. The van der Waals surface area contributed by atoms with E-state index in [-0.39, 0.29) is 17.4 Å². The Balaban J connectivity index is 1.33. The number of carbonyl (C=O) groups is 1. The van der Waals surface area contributed by atoms with Gasteiger partial charge in [-0.1, -0.05) is 57.4 Å². The molecule has 4 aliphatic rings. The van der Waals surface area contributed by atoms with Gasteiger partial charge in [0.05, 0.1) is 17.7 Å². The molecule has 1 aromatic heterocycles. The lowest BCUT2D eigenvalue weighted by atomic mass is 9.83. The molecule has 0 aromatic carbocycles. The number of thiocarbonyl (C=S) groups is 1. The lowest BCUT2D eigenvalue weighted by molar-refractivity contribution is -0.136. The molecule has 3 aliphatic heterocycles. The number of rotatable bonds is 2. The van der Waals surface area contributed by atoms with Gasteiger partial charge in [-0.25, -0.2) is 4.79 Å². The van der Waals surface area contributed by atoms with Crippen LogP contribution in [0.5, 0.6) is 0 Å². The second-order valence-electron chi connectivity index (χ2n) is 10.9. The van der Waals surface area contributed by atoms with Crippen LogP contribution in [0.4, 0.5) is 0 Å². The SMILES string of the molecule is COC(=O)C1=C(NC(=S)N2CC3CC(C2)c2cccc(=O)n2C3)SC2CCCCCCCCCCC12. The third-order valence-electron chi connectivity index (χ3n) is 8.48. The van der Waals surface area contributed by atoms with E-state index in [1.807, 2.05) is 22.4 Å². The number of fused-ring (bicyclic) bond motifs is 5. The van der Waals surface area contributed by atoms with Crippen LogP contribution in [-0.2, 0) is 16.1 Å². The van der Waals surface area contributed by atoms with E-state index >= 15 is 0 Å². The molecule has 0 radical (unpaired) electrons. The van der Waals surface area contributed by atoms with Gasteiger partial charge in [0.15, 0.2) is 5.11 Å². The normalized spacial score (nSPS) is 28.9. The maximum absolute atomic E-state index is 13.0. The average Bonchev–Trinajstić information content (AvgIpc) is 3.20. The number of esters is 1. The number of piperidine rings is 1. The van der Waals surface area contributed by atoms with Crippen molar-refractivity contribution in [2.45, 2.75) is 88.3 Å². The molecule has 2 bridgehead atoms. The zero-order chi connectivity index (χ0) is 25.1. The van der Waals surface area contributed by atoms with Gasteiger partial charge in [0.25, 0.3) is 5.56 Å². The number of hydrogen-bond acceptors (Lipinski definition) is 5. The zero-order valence-electron chi connectivity index (χ0n) is 21.4. The second kappa shape index (κ2) is 11.7. The molecule has 8 heteroatoms. The first-order valence-electron chi connectivity index (χ1n) is 13.8. The highest BCUT2D eigenvalue weighted by Crippen LogP contribution is 2.46. The quantitative estimate of drug-likeness (QED) is 0.419. The molecule has 1 N–H and O–H groups in total. The summed E-state index contributed by atoms with van der Waals surface area (Å²) in [6.07, 6.45) is 13.5. The maximum Gasteiger partial charge on any atom is 0.336 e. The van der Waals surface area contributed by atoms with Crippen LogP contribution < -0.4 is 10.9 Å². The molecule has 2 fully saturated rings. The lowest BCUT2D eigenvalue weighted by Crippen LogP contribution is -2.51. The van der Waals surface area contributed by atoms with Gasteiger partial charge in [-0.05, 0) is 43.5 Å². The van der Waals surface area contributed by atoms with Crippen LogP contribution in [0.1, 0.15) is 82.2 Å². The lowest BCUT2D eigenvalue weighted by Gasteiger charge is -2.43. The average molecular weight is 530 g/mol. The highest BCUT2D eigenvalue weighted by Gasteiger charge is 2.41. The van der Waals surface area contributed by atoms with Crippen LogP contribution >= 0.6 is 24.0 Å². The van der Waals surface area contributed by atoms with E-state index in [9.17, 15) is 9.59 Å². The Bertz CT molecular complexity index is 1070. The van der Waals surface area contributed by atoms with Gasteiger partial charge in [-0.2, -0.15) is 0 Å². The second-order valence-corrected chi connectivity index (χ2v) is 12.6. The third-order valence-corrected chi connectivity index (χ3v) is 10.3. The van der Waals surface area contributed by atoms with Gasteiger partial charge in [0.1, 0.15) is 0 Å². The Kier molecular flexibility index (Phi) is 8.41. The van der Waals surface area contributed by atoms with E-state index in [1.54, 1.807) is 6.07 Å². The summed E-state index contributed by atoms with van der Waals surface area (Å²) in [5.41, 5.74) is 2.02. The largest absolute Gasteiger partial charge is 0.466 e. The predicted molar refractivity (Wildman–Crippen MR) is 149 cm³/mol. The van der Waals surface area contributed by atoms with Gasteiger partial charge in [-0.3, -0.25) is 4.79 Å². The molecule has 6 nitrogen and oxygen atoms in total. The number of nitrogens with one attached hydrogen (secondary N) is 1. The van der Waals surface area contributed by atoms with Crippen molar-refractivity contribution in [3.05, 3.63) is 44.8 Å². The van der Waals surface area contributed by atoms with Crippen LogP contribution in [0.25, 0.3) is 0 Å². The van der Waals surface area contributed by atoms with E-state index < -0.39 is 0 Å². The molecule has 196 valence electrons. The number of hydrogen-bond donors (Lipinski definition) is 1. The van der Waals surface area contributed by atoms with E-state index in [2.05, 4.69) is 16.3 Å². The summed E-state index contributed by atoms with van der Waals surface area (Å²) in [4.78, 5) is 27.7. The fraction of sp³-hybridized carbons (Fsp3) is 0.679. The van der Waals surface area contributed by atoms with Crippen LogP contribution in [0.15, 0.2) is 33.6 Å². The molecule has 4 atom stereocenters. The molecular weight excluding hydrogens is 490 g/mol. The van der Waals surface area contributed by atoms with Crippen molar-refractivity contribution in [1.82, 2.24) is 14.8 Å². The van der Waals surface area contributed by atoms with Crippen LogP contribution in [-0.4, -0.2) is 46.0 Å². The van der Waals surface area contributed by atoms with Crippen molar-refractivity contribution in [3.63, 3.8) is 0 Å². The van der Waals surface area contributed by atoms with Crippen LogP contribution in [0, 0.1) is 11.8 Å². The van der Waals surface area contributed by atoms with Gasteiger partial charge in [-0.15, -0.1) is 11.8 Å². The van der Waals surface area contributed by atoms with Crippen molar-refractivity contribution in [2.24, 2.45) is 11.8 Å². The monoisotopic (exact) mass is 529 g/mol.